The van der Waals surface area contributed by atoms with Crippen molar-refractivity contribution in [2.75, 3.05) is 5.32 Å². The van der Waals surface area contributed by atoms with Gasteiger partial charge in [-0.2, -0.15) is 0 Å². The molecule has 0 fully saturated rings. The Labute approximate surface area is 121 Å². The number of hydrogen-bond acceptors (Lipinski definition) is 2. The monoisotopic (exact) mass is 291 g/mol. The fraction of sp³-hybridized carbons (Fsp3) is 0.188. The minimum absolute atomic E-state index is 0.321. The fourth-order valence-corrected chi connectivity index (χ4v) is 2.09. The summed E-state index contributed by atoms with van der Waals surface area (Å²) in [5, 5.41) is 12.0. The van der Waals surface area contributed by atoms with Gasteiger partial charge in [0, 0.05) is 16.9 Å². The van der Waals surface area contributed by atoms with Gasteiger partial charge >= 0.3 is 5.97 Å². The average molecular weight is 291 g/mol. The number of nitrogens with one attached hydrogen (secondary N) is 1. The van der Waals surface area contributed by atoms with E-state index in [0.717, 1.165) is 0 Å². The molecule has 0 saturated carbocycles. The van der Waals surface area contributed by atoms with Crippen molar-refractivity contribution >= 4 is 17.3 Å². The summed E-state index contributed by atoms with van der Waals surface area (Å²) >= 11 is 0. The first kappa shape index (κ1) is 15.0. The SMILES string of the molecule is CCCc1c(Nc2ccc(F)cc2)ccc(C(=O)O)c1F. The normalized spacial score (nSPS) is 10.4. The summed E-state index contributed by atoms with van der Waals surface area (Å²) in [6, 6.07) is 8.42. The largest absolute Gasteiger partial charge is 0.478 e. The van der Waals surface area contributed by atoms with E-state index in [2.05, 4.69) is 5.32 Å². The lowest BCUT2D eigenvalue weighted by Gasteiger charge is -2.14. The van der Waals surface area contributed by atoms with Crippen molar-refractivity contribution in [3.8, 4) is 0 Å². The second kappa shape index (κ2) is 6.35. The van der Waals surface area contributed by atoms with Crippen LogP contribution in [0.1, 0.15) is 29.3 Å². The zero-order valence-electron chi connectivity index (χ0n) is 11.5. The second-order valence-corrected chi connectivity index (χ2v) is 4.64. The van der Waals surface area contributed by atoms with Gasteiger partial charge in [0.25, 0.3) is 0 Å². The van der Waals surface area contributed by atoms with Crippen molar-refractivity contribution in [1.82, 2.24) is 0 Å². The van der Waals surface area contributed by atoms with Crippen LogP contribution in [0.15, 0.2) is 36.4 Å². The first-order valence-electron chi connectivity index (χ1n) is 6.60. The number of halogens is 2. The van der Waals surface area contributed by atoms with Crippen LogP contribution in [0.3, 0.4) is 0 Å². The van der Waals surface area contributed by atoms with Crippen molar-refractivity contribution in [2.45, 2.75) is 19.8 Å². The minimum Gasteiger partial charge on any atom is -0.478 e. The topological polar surface area (TPSA) is 49.3 Å². The van der Waals surface area contributed by atoms with Crippen LogP contribution in [0, 0.1) is 11.6 Å². The number of anilines is 2. The number of carboxylic acids is 1. The summed E-state index contributed by atoms with van der Waals surface area (Å²) in [5.74, 6) is -2.38. The molecule has 2 rings (SSSR count). The van der Waals surface area contributed by atoms with Gasteiger partial charge in [-0.25, -0.2) is 13.6 Å². The molecule has 0 radical (unpaired) electrons. The number of aromatic carboxylic acids is 1. The number of benzene rings is 2. The molecule has 110 valence electrons. The molecule has 0 aliphatic rings. The Bertz CT molecular complexity index is 654. The molecule has 0 spiro atoms. The molecule has 2 aromatic rings. The first-order chi connectivity index (χ1) is 10.0. The molecule has 21 heavy (non-hydrogen) atoms. The summed E-state index contributed by atoms with van der Waals surface area (Å²) in [6.45, 7) is 1.88. The van der Waals surface area contributed by atoms with Gasteiger partial charge < -0.3 is 10.4 Å². The number of carboxylic acid groups (broad SMARTS) is 1. The second-order valence-electron chi connectivity index (χ2n) is 4.64. The van der Waals surface area contributed by atoms with Crippen molar-refractivity contribution < 1.29 is 18.7 Å². The van der Waals surface area contributed by atoms with Gasteiger partial charge in [-0.1, -0.05) is 13.3 Å². The Kier molecular flexibility index (Phi) is 4.52. The fourth-order valence-electron chi connectivity index (χ4n) is 2.09. The van der Waals surface area contributed by atoms with Crippen LogP contribution in [0.25, 0.3) is 0 Å². The number of carbonyl (C=O) groups is 1. The molecule has 0 unspecified atom stereocenters. The van der Waals surface area contributed by atoms with Gasteiger partial charge in [0.1, 0.15) is 11.6 Å². The maximum atomic E-state index is 14.3. The molecular weight excluding hydrogens is 276 g/mol. The van der Waals surface area contributed by atoms with Gasteiger partial charge in [-0.05, 0) is 42.8 Å². The highest BCUT2D eigenvalue weighted by molar-refractivity contribution is 5.89. The molecule has 5 heteroatoms. The third-order valence-corrected chi connectivity index (χ3v) is 3.10. The van der Waals surface area contributed by atoms with Gasteiger partial charge in [-0.3, -0.25) is 0 Å². The molecule has 2 N–H and O–H groups in total. The number of hydrogen-bond donors (Lipinski definition) is 2. The molecule has 0 heterocycles. The van der Waals surface area contributed by atoms with E-state index in [1.54, 1.807) is 0 Å². The standard InChI is InChI=1S/C16H15F2NO2/c1-2-3-12-14(9-8-13(15(12)18)16(20)21)19-11-6-4-10(17)5-7-11/h4-9,19H,2-3H2,1H3,(H,20,21). The molecule has 0 bridgehead atoms. The summed E-state index contributed by atoms with van der Waals surface area (Å²) < 4.78 is 27.1. The third-order valence-electron chi connectivity index (χ3n) is 3.10. The van der Waals surface area contributed by atoms with Crippen LogP contribution in [-0.4, -0.2) is 11.1 Å². The minimum atomic E-state index is -1.29. The van der Waals surface area contributed by atoms with Crippen LogP contribution < -0.4 is 5.32 Å². The van der Waals surface area contributed by atoms with E-state index in [9.17, 15) is 13.6 Å². The lowest BCUT2D eigenvalue weighted by Crippen LogP contribution is -2.07. The maximum Gasteiger partial charge on any atom is 0.338 e. The van der Waals surface area contributed by atoms with Gasteiger partial charge in [-0.15, -0.1) is 0 Å². The summed E-state index contributed by atoms with van der Waals surface area (Å²) in [4.78, 5) is 11.0. The Balaban J connectivity index is 2.40. The molecule has 0 saturated heterocycles. The Morgan fingerprint density at radius 1 is 1.14 bits per heavy atom. The van der Waals surface area contributed by atoms with E-state index in [1.807, 2.05) is 6.92 Å². The van der Waals surface area contributed by atoms with Gasteiger partial charge in [0.05, 0.1) is 5.56 Å². The van der Waals surface area contributed by atoms with Crippen LogP contribution in [-0.2, 0) is 6.42 Å². The van der Waals surface area contributed by atoms with Crippen LogP contribution in [0.4, 0.5) is 20.2 Å². The summed E-state index contributed by atoms with van der Waals surface area (Å²) in [7, 11) is 0. The van der Waals surface area contributed by atoms with E-state index < -0.39 is 11.8 Å². The zero-order chi connectivity index (χ0) is 15.4. The van der Waals surface area contributed by atoms with E-state index in [0.29, 0.717) is 29.8 Å². The van der Waals surface area contributed by atoms with Crippen LogP contribution in [0.2, 0.25) is 0 Å². The van der Waals surface area contributed by atoms with E-state index >= 15 is 0 Å². The Hall–Kier alpha value is -2.43. The maximum absolute atomic E-state index is 14.3. The predicted molar refractivity (Wildman–Crippen MR) is 77.0 cm³/mol. The molecular formula is C16H15F2NO2. The average Bonchev–Trinajstić information content (AvgIpc) is 2.45. The third kappa shape index (κ3) is 3.37. The molecule has 2 aromatic carbocycles. The molecule has 0 atom stereocenters. The van der Waals surface area contributed by atoms with E-state index in [-0.39, 0.29) is 11.4 Å². The first-order valence-corrected chi connectivity index (χ1v) is 6.60. The van der Waals surface area contributed by atoms with Gasteiger partial charge in [0.2, 0.25) is 0 Å². The Morgan fingerprint density at radius 3 is 2.38 bits per heavy atom. The lowest BCUT2D eigenvalue weighted by molar-refractivity contribution is 0.0691. The van der Waals surface area contributed by atoms with E-state index in [4.69, 9.17) is 5.11 Å². The lowest BCUT2D eigenvalue weighted by atomic mass is 10.0. The Morgan fingerprint density at radius 2 is 1.81 bits per heavy atom. The number of rotatable bonds is 5. The molecule has 0 aliphatic heterocycles. The van der Waals surface area contributed by atoms with Gasteiger partial charge in [0.15, 0.2) is 0 Å². The molecule has 0 aromatic heterocycles. The quantitative estimate of drug-likeness (QED) is 0.860. The van der Waals surface area contributed by atoms with Crippen LogP contribution >= 0.6 is 0 Å². The molecule has 0 amide bonds. The highest BCUT2D eigenvalue weighted by atomic mass is 19.1. The smallest absolute Gasteiger partial charge is 0.338 e. The zero-order valence-corrected chi connectivity index (χ0v) is 11.5. The molecule has 0 aliphatic carbocycles. The summed E-state index contributed by atoms with van der Waals surface area (Å²) in [5.41, 5.74) is 1.08. The predicted octanol–water partition coefficient (Wildman–Crippen LogP) is 4.36. The van der Waals surface area contributed by atoms with Crippen molar-refractivity contribution in [3.05, 3.63) is 59.2 Å². The highest BCUT2D eigenvalue weighted by Crippen LogP contribution is 2.27. The highest BCUT2D eigenvalue weighted by Gasteiger charge is 2.17. The van der Waals surface area contributed by atoms with Crippen molar-refractivity contribution in [1.29, 1.82) is 0 Å². The van der Waals surface area contributed by atoms with E-state index in [1.165, 1.54) is 36.4 Å². The van der Waals surface area contributed by atoms with Crippen LogP contribution in [0.5, 0.6) is 0 Å². The van der Waals surface area contributed by atoms with Crippen molar-refractivity contribution in [2.24, 2.45) is 0 Å². The summed E-state index contributed by atoms with van der Waals surface area (Å²) in [6.07, 6.45) is 1.09. The van der Waals surface area contributed by atoms with Crippen molar-refractivity contribution in [3.63, 3.8) is 0 Å². The molecule has 3 nitrogen and oxygen atoms in total.